The molecule has 28 heavy (non-hydrogen) atoms. The van der Waals surface area contributed by atoms with Crippen LogP contribution in [-0.4, -0.2) is 29.1 Å². The van der Waals surface area contributed by atoms with Gasteiger partial charge in [-0.15, -0.1) is 0 Å². The normalized spacial score (nSPS) is 12.8. The number of nitrogens with zero attached hydrogens (tertiary/aromatic N) is 3. The molecular weight excluding hydrogens is 354 g/mol. The van der Waals surface area contributed by atoms with Crippen LogP contribution in [-0.2, 0) is 13.1 Å². The number of ether oxygens (including phenoxy) is 2. The Hall–Kier alpha value is -3.48. The Bertz CT molecular complexity index is 952. The molecule has 2 aromatic carbocycles. The number of hydrogen-bond acceptors (Lipinski definition) is 4. The van der Waals surface area contributed by atoms with Crippen LogP contribution >= 0.6 is 0 Å². The van der Waals surface area contributed by atoms with Gasteiger partial charge in [0.2, 0.25) is 6.79 Å². The number of aromatic nitrogens is 2. The second kappa shape index (κ2) is 8.47. The lowest BCUT2D eigenvalue weighted by Gasteiger charge is -2.11. The Morgan fingerprint density at radius 2 is 1.93 bits per heavy atom. The minimum absolute atomic E-state index is 0.285. The summed E-state index contributed by atoms with van der Waals surface area (Å²) < 4.78 is 12.6. The van der Waals surface area contributed by atoms with Gasteiger partial charge in [-0.25, -0.2) is 9.67 Å². The van der Waals surface area contributed by atoms with Gasteiger partial charge < -0.3 is 20.1 Å². The number of para-hydroxylation sites is 1. The Morgan fingerprint density at radius 1 is 1.07 bits per heavy atom. The second-order valence-corrected chi connectivity index (χ2v) is 6.37. The molecule has 0 saturated heterocycles. The molecule has 1 aliphatic heterocycles. The third-order valence-corrected chi connectivity index (χ3v) is 4.32. The highest BCUT2D eigenvalue weighted by atomic mass is 16.7. The molecule has 7 heteroatoms. The predicted molar refractivity (Wildman–Crippen MR) is 108 cm³/mol. The smallest absolute Gasteiger partial charge is 0.231 e. The van der Waals surface area contributed by atoms with Crippen LogP contribution in [0.2, 0.25) is 0 Å². The van der Waals surface area contributed by atoms with Crippen molar-refractivity contribution in [3.05, 3.63) is 72.1 Å². The molecule has 2 N–H and O–H groups in total. The third-order valence-electron chi connectivity index (χ3n) is 4.32. The minimum atomic E-state index is 0.285. The van der Waals surface area contributed by atoms with Gasteiger partial charge in [0.1, 0.15) is 0 Å². The van der Waals surface area contributed by atoms with Crippen molar-refractivity contribution in [1.82, 2.24) is 20.4 Å². The molecule has 0 atom stereocenters. The highest BCUT2D eigenvalue weighted by Gasteiger charge is 2.13. The lowest BCUT2D eigenvalue weighted by atomic mass is 10.2. The maximum Gasteiger partial charge on any atom is 0.231 e. The predicted octanol–water partition coefficient (Wildman–Crippen LogP) is 2.86. The van der Waals surface area contributed by atoms with Crippen molar-refractivity contribution in [2.45, 2.75) is 20.0 Å². The molecule has 0 fully saturated rings. The van der Waals surface area contributed by atoms with Crippen LogP contribution in [0.15, 0.2) is 65.9 Å². The fraction of sp³-hybridized carbons (Fsp3) is 0.238. The fourth-order valence-electron chi connectivity index (χ4n) is 2.91. The molecule has 2 heterocycles. The number of guanidine groups is 1. The number of benzene rings is 2. The number of fused-ring (bicyclic) bond motifs is 1. The molecule has 0 unspecified atom stereocenters. The van der Waals surface area contributed by atoms with Crippen molar-refractivity contribution < 1.29 is 9.47 Å². The zero-order valence-electron chi connectivity index (χ0n) is 15.8. The molecule has 0 radical (unpaired) electrons. The van der Waals surface area contributed by atoms with Crippen LogP contribution < -0.4 is 20.1 Å². The molecule has 0 aliphatic carbocycles. The van der Waals surface area contributed by atoms with Crippen LogP contribution in [0.4, 0.5) is 0 Å². The van der Waals surface area contributed by atoms with E-state index in [-0.39, 0.29) is 6.79 Å². The van der Waals surface area contributed by atoms with Gasteiger partial charge in [-0.3, -0.25) is 0 Å². The van der Waals surface area contributed by atoms with E-state index >= 15 is 0 Å². The van der Waals surface area contributed by atoms with Crippen LogP contribution in [0.25, 0.3) is 5.69 Å². The van der Waals surface area contributed by atoms with Crippen molar-refractivity contribution >= 4 is 5.96 Å². The van der Waals surface area contributed by atoms with Gasteiger partial charge in [0.25, 0.3) is 0 Å². The van der Waals surface area contributed by atoms with Crippen molar-refractivity contribution in [1.29, 1.82) is 0 Å². The summed E-state index contributed by atoms with van der Waals surface area (Å²) in [6.45, 7) is 4.31. The largest absolute Gasteiger partial charge is 0.454 e. The molecular formula is C21H23N5O2. The Labute approximate surface area is 164 Å². The first-order chi connectivity index (χ1) is 13.8. The Kier molecular flexibility index (Phi) is 5.42. The summed E-state index contributed by atoms with van der Waals surface area (Å²) in [6, 6.07) is 16.0. The summed E-state index contributed by atoms with van der Waals surface area (Å²) in [5, 5.41) is 11.0. The summed E-state index contributed by atoms with van der Waals surface area (Å²) in [5.41, 5.74) is 3.18. The fourth-order valence-corrected chi connectivity index (χ4v) is 2.91. The van der Waals surface area contributed by atoms with E-state index in [2.05, 4.69) is 20.7 Å². The van der Waals surface area contributed by atoms with Gasteiger partial charge in [0.15, 0.2) is 17.5 Å². The summed E-state index contributed by atoms with van der Waals surface area (Å²) in [6.07, 6.45) is 3.85. The Morgan fingerprint density at radius 3 is 2.79 bits per heavy atom. The highest BCUT2D eigenvalue weighted by Crippen LogP contribution is 2.32. The summed E-state index contributed by atoms with van der Waals surface area (Å²) in [5.74, 6) is 2.34. The molecule has 0 spiro atoms. The maximum atomic E-state index is 5.43. The summed E-state index contributed by atoms with van der Waals surface area (Å²) in [7, 11) is 0. The molecule has 1 aromatic heterocycles. The zero-order chi connectivity index (χ0) is 19.2. The zero-order valence-corrected chi connectivity index (χ0v) is 15.8. The van der Waals surface area contributed by atoms with Crippen molar-refractivity contribution in [3.63, 3.8) is 0 Å². The first-order valence-electron chi connectivity index (χ1n) is 9.31. The van der Waals surface area contributed by atoms with E-state index in [0.29, 0.717) is 13.1 Å². The van der Waals surface area contributed by atoms with Crippen LogP contribution in [0, 0.1) is 0 Å². The van der Waals surface area contributed by atoms with Crippen LogP contribution in [0.3, 0.4) is 0 Å². The highest BCUT2D eigenvalue weighted by molar-refractivity contribution is 5.79. The van der Waals surface area contributed by atoms with Gasteiger partial charge in [0.05, 0.1) is 18.4 Å². The van der Waals surface area contributed by atoms with E-state index in [1.165, 1.54) is 0 Å². The third kappa shape index (κ3) is 4.25. The summed E-state index contributed by atoms with van der Waals surface area (Å²) in [4.78, 5) is 4.66. The molecule has 0 bridgehead atoms. The molecule has 0 saturated carbocycles. The van der Waals surface area contributed by atoms with Gasteiger partial charge >= 0.3 is 0 Å². The van der Waals surface area contributed by atoms with Crippen LogP contribution in [0.1, 0.15) is 18.1 Å². The second-order valence-electron chi connectivity index (χ2n) is 6.37. The summed E-state index contributed by atoms with van der Waals surface area (Å²) >= 11 is 0. The lowest BCUT2D eigenvalue weighted by Crippen LogP contribution is -2.36. The minimum Gasteiger partial charge on any atom is -0.454 e. The lowest BCUT2D eigenvalue weighted by molar-refractivity contribution is 0.174. The molecule has 0 amide bonds. The number of aliphatic imine (C=N–C) groups is 1. The molecule has 3 aromatic rings. The van der Waals surface area contributed by atoms with Crippen molar-refractivity contribution in [2.24, 2.45) is 4.99 Å². The van der Waals surface area contributed by atoms with E-state index in [0.717, 1.165) is 40.8 Å². The number of hydrogen-bond donors (Lipinski definition) is 2. The number of nitrogens with one attached hydrogen (secondary N) is 2. The SMILES string of the molecule is CCNC(=NCc1cnn(-c2ccccc2)c1)NCc1ccc2c(c1)OCO2. The van der Waals surface area contributed by atoms with E-state index in [4.69, 9.17) is 9.47 Å². The first-order valence-corrected chi connectivity index (χ1v) is 9.31. The first kappa shape index (κ1) is 17.9. The molecule has 4 rings (SSSR count). The molecule has 7 nitrogen and oxygen atoms in total. The molecule has 1 aliphatic rings. The van der Waals surface area contributed by atoms with Crippen molar-refractivity contribution in [3.8, 4) is 17.2 Å². The monoisotopic (exact) mass is 377 g/mol. The van der Waals surface area contributed by atoms with Gasteiger partial charge in [-0.05, 0) is 36.8 Å². The average Bonchev–Trinajstić information content (AvgIpc) is 3.40. The average molecular weight is 377 g/mol. The quantitative estimate of drug-likeness (QED) is 0.511. The topological polar surface area (TPSA) is 72.7 Å². The van der Waals surface area contributed by atoms with E-state index < -0.39 is 0 Å². The van der Waals surface area contributed by atoms with Gasteiger partial charge in [-0.1, -0.05) is 24.3 Å². The van der Waals surface area contributed by atoms with Gasteiger partial charge in [-0.2, -0.15) is 5.10 Å². The maximum absolute atomic E-state index is 5.43. The number of rotatable bonds is 6. The van der Waals surface area contributed by atoms with Crippen molar-refractivity contribution in [2.75, 3.05) is 13.3 Å². The van der Waals surface area contributed by atoms with Crippen LogP contribution in [0.5, 0.6) is 11.5 Å². The van der Waals surface area contributed by atoms with Gasteiger partial charge in [0, 0.05) is 24.8 Å². The Balaban J connectivity index is 1.39. The van der Waals surface area contributed by atoms with E-state index in [1.807, 2.05) is 72.5 Å². The standard InChI is InChI=1S/C21H23N5O2/c1-2-22-21(23-11-16-8-9-19-20(10-16)28-15-27-19)24-12-17-13-25-26(14-17)18-6-4-3-5-7-18/h3-10,13-14H,2,11-12,15H2,1H3,(H2,22,23,24). The van der Waals surface area contributed by atoms with E-state index in [9.17, 15) is 0 Å². The molecule has 144 valence electrons. The van der Waals surface area contributed by atoms with E-state index in [1.54, 1.807) is 0 Å².